The maximum absolute atomic E-state index is 12.3. The highest BCUT2D eigenvalue weighted by atomic mass is 16.5. The zero-order chi connectivity index (χ0) is 17.6. The Morgan fingerprint density at radius 2 is 1.88 bits per heavy atom. The van der Waals surface area contributed by atoms with E-state index in [0.717, 1.165) is 44.0 Å². The third kappa shape index (κ3) is 4.34. The molecule has 1 aromatic heterocycles. The van der Waals surface area contributed by atoms with Crippen molar-refractivity contribution in [3.63, 3.8) is 0 Å². The number of ether oxygens (including phenoxy) is 1. The number of aromatic amines is 1. The van der Waals surface area contributed by atoms with Gasteiger partial charge in [0.1, 0.15) is 6.54 Å². The minimum atomic E-state index is -0.379. The molecule has 0 bridgehead atoms. The van der Waals surface area contributed by atoms with E-state index >= 15 is 0 Å². The van der Waals surface area contributed by atoms with E-state index in [1.807, 2.05) is 0 Å². The Labute approximate surface area is 144 Å². The minimum Gasteiger partial charge on any atom is -0.379 e. The van der Waals surface area contributed by atoms with Crippen LogP contribution in [0.3, 0.4) is 0 Å². The van der Waals surface area contributed by atoms with Crippen molar-refractivity contribution < 1.29 is 9.53 Å². The van der Waals surface area contributed by atoms with Crippen molar-refractivity contribution in [3.05, 3.63) is 45.0 Å². The molecule has 1 amide bonds. The smallest absolute Gasteiger partial charge is 0.273 e. The third-order valence-corrected chi connectivity index (χ3v) is 4.26. The van der Waals surface area contributed by atoms with Crippen LogP contribution in [-0.4, -0.2) is 60.0 Å². The van der Waals surface area contributed by atoms with Crippen LogP contribution in [0.15, 0.2) is 33.9 Å². The van der Waals surface area contributed by atoms with E-state index in [2.05, 4.69) is 15.3 Å². The normalized spacial score (nSPS) is 15.4. The number of amides is 1. The molecular formula is C17H22N4O4. The van der Waals surface area contributed by atoms with Gasteiger partial charge in [-0.15, -0.1) is 0 Å². The van der Waals surface area contributed by atoms with Crippen LogP contribution in [0.1, 0.15) is 6.42 Å². The first-order valence-electron chi connectivity index (χ1n) is 8.44. The maximum atomic E-state index is 12.3. The maximum Gasteiger partial charge on any atom is 0.273 e. The van der Waals surface area contributed by atoms with E-state index in [1.165, 1.54) is 0 Å². The second-order valence-electron chi connectivity index (χ2n) is 6.04. The highest BCUT2D eigenvalue weighted by molar-refractivity contribution is 5.81. The lowest BCUT2D eigenvalue weighted by molar-refractivity contribution is -0.121. The van der Waals surface area contributed by atoms with Crippen LogP contribution >= 0.6 is 0 Å². The number of rotatable bonds is 6. The van der Waals surface area contributed by atoms with Gasteiger partial charge in [-0.25, -0.2) is 4.68 Å². The van der Waals surface area contributed by atoms with Crippen LogP contribution in [0.4, 0.5) is 0 Å². The summed E-state index contributed by atoms with van der Waals surface area (Å²) in [5.41, 5.74) is -0.756. The minimum absolute atomic E-state index is 0.198. The van der Waals surface area contributed by atoms with Crippen LogP contribution in [0.2, 0.25) is 0 Å². The zero-order valence-electron chi connectivity index (χ0n) is 14.0. The summed E-state index contributed by atoms with van der Waals surface area (Å²) in [7, 11) is 0. The van der Waals surface area contributed by atoms with Gasteiger partial charge in [0.05, 0.1) is 24.0 Å². The van der Waals surface area contributed by atoms with Gasteiger partial charge in [-0.3, -0.25) is 24.4 Å². The van der Waals surface area contributed by atoms with Gasteiger partial charge in [-0.05, 0) is 25.1 Å². The molecule has 2 N–H and O–H groups in total. The lowest BCUT2D eigenvalue weighted by Gasteiger charge is -2.26. The van der Waals surface area contributed by atoms with Gasteiger partial charge in [0.15, 0.2) is 0 Å². The van der Waals surface area contributed by atoms with Crippen molar-refractivity contribution in [3.8, 4) is 0 Å². The topological polar surface area (TPSA) is 96.4 Å². The predicted octanol–water partition coefficient (Wildman–Crippen LogP) is -0.472. The van der Waals surface area contributed by atoms with Crippen LogP contribution in [-0.2, 0) is 16.1 Å². The van der Waals surface area contributed by atoms with Crippen molar-refractivity contribution in [1.29, 1.82) is 0 Å². The Kier molecular flexibility index (Phi) is 5.62. The Bertz CT molecular complexity index is 852. The molecule has 1 aliphatic rings. The number of fused-ring (bicyclic) bond motifs is 1. The van der Waals surface area contributed by atoms with Crippen molar-refractivity contribution in [2.75, 3.05) is 39.4 Å². The fraction of sp³-hybridized carbons (Fsp3) is 0.471. The summed E-state index contributed by atoms with van der Waals surface area (Å²) in [6.07, 6.45) is 0.828. The van der Waals surface area contributed by atoms with Gasteiger partial charge in [0.2, 0.25) is 5.91 Å². The van der Waals surface area contributed by atoms with Gasteiger partial charge >= 0.3 is 0 Å². The van der Waals surface area contributed by atoms with E-state index < -0.39 is 0 Å². The monoisotopic (exact) mass is 346 g/mol. The fourth-order valence-corrected chi connectivity index (χ4v) is 2.91. The van der Waals surface area contributed by atoms with Crippen molar-refractivity contribution >= 4 is 16.7 Å². The summed E-state index contributed by atoms with van der Waals surface area (Å²) < 4.78 is 6.35. The van der Waals surface area contributed by atoms with Crippen molar-refractivity contribution in [2.24, 2.45) is 0 Å². The van der Waals surface area contributed by atoms with Crippen molar-refractivity contribution in [2.45, 2.75) is 13.0 Å². The van der Waals surface area contributed by atoms with E-state index in [9.17, 15) is 14.4 Å². The summed E-state index contributed by atoms with van der Waals surface area (Å²) in [5, 5.41) is 5.88. The predicted molar refractivity (Wildman–Crippen MR) is 93.7 cm³/mol. The summed E-state index contributed by atoms with van der Waals surface area (Å²) in [4.78, 5) is 38.7. The standard InChI is InChI=1S/C17H22N4O4/c22-15(18-6-3-7-20-8-10-25-11-9-20)12-21-17(24)14-5-2-1-4-13(14)16(23)19-21/h1-2,4-5H,3,6-12H2,(H,18,22)(H,19,23). The number of H-pyrrole nitrogens is 1. The number of morpholine rings is 1. The van der Waals surface area contributed by atoms with E-state index in [-0.39, 0.29) is 23.6 Å². The van der Waals surface area contributed by atoms with E-state index in [0.29, 0.717) is 17.3 Å². The average Bonchev–Trinajstić information content (AvgIpc) is 2.64. The molecule has 8 nitrogen and oxygen atoms in total. The molecule has 0 spiro atoms. The number of hydrogen-bond acceptors (Lipinski definition) is 5. The number of benzene rings is 1. The summed E-state index contributed by atoms with van der Waals surface area (Å²) in [5.74, 6) is -0.296. The Morgan fingerprint density at radius 3 is 2.64 bits per heavy atom. The van der Waals surface area contributed by atoms with Crippen LogP contribution in [0.5, 0.6) is 0 Å². The SMILES string of the molecule is O=C(Cn1[nH]c(=O)c2ccccc2c1=O)NCCCN1CCOCC1. The van der Waals surface area contributed by atoms with Crippen LogP contribution in [0.25, 0.3) is 10.8 Å². The first kappa shape index (κ1) is 17.4. The third-order valence-electron chi connectivity index (χ3n) is 4.26. The zero-order valence-corrected chi connectivity index (χ0v) is 14.0. The molecule has 0 atom stereocenters. The molecule has 25 heavy (non-hydrogen) atoms. The van der Waals surface area contributed by atoms with Crippen LogP contribution in [0, 0.1) is 0 Å². The Balaban J connectivity index is 1.54. The molecule has 3 rings (SSSR count). The Hall–Kier alpha value is -2.45. The first-order valence-corrected chi connectivity index (χ1v) is 8.44. The highest BCUT2D eigenvalue weighted by Gasteiger charge is 2.11. The number of hydrogen-bond donors (Lipinski definition) is 2. The quantitative estimate of drug-likeness (QED) is 0.689. The molecule has 8 heteroatoms. The van der Waals surface area contributed by atoms with Gasteiger partial charge in [-0.1, -0.05) is 12.1 Å². The van der Waals surface area contributed by atoms with Gasteiger partial charge in [0, 0.05) is 19.6 Å². The highest BCUT2D eigenvalue weighted by Crippen LogP contribution is 2.02. The molecule has 2 aromatic rings. The molecule has 0 unspecified atom stereocenters. The van der Waals surface area contributed by atoms with Crippen LogP contribution < -0.4 is 16.4 Å². The fourth-order valence-electron chi connectivity index (χ4n) is 2.91. The molecule has 0 saturated carbocycles. The molecule has 0 aliphatic carbocycles. The number of nitrogens with one attached hydrogen (secondary N) is 2. The molecule has 1 aliphatic heterocycles. The van der Waals surface area contributed by atoms with E-state index in [1.54, 1.807) is 24.3 Å². The second kappa shape index (κ2) is 8.09. The number of carbonyl (C=O) groups excluding carboxylic acids is 1. The lowest BCUT2D eigenvalue weighted by atomic mass is 10.2. The number of aromatic nitrogens is 2. The summed E-state index contributed by atoms with van der Waals surface area (Å²) in [6.45, 7) is 4.58. The molecular weight excluding hydrogens is 324 g/mol. The number of carbonyl (C=O) groups is 1. The summed E-state index contributed by atoms with van der Waals surface area (Å²) >= 11 is 0. The molecule has 1 fully saturated rings. The molecule has 2 heterocycles. The largest absolute Gasteiger partial charge is 0.379 e. The Morgan fingerprint density at radius 1 is 1.16 bits per heavy atom. The molecule has 134 valence electrons. The average molecular weight is 346 g/mol. The number of nitrogens with zero attached hydrogens (tertiary/aromatic N) is 2. The van der Waals surface area contributed by atoms with Gasteiger partial charge in [-0.2, -0.15) is 0 Å². The molecule has 0 radical (unpaired) electrons. The molecule has 1 saturated heterocycles. The second-order valence-corrected chi connectivity index (χ2v) is 6.04. The lowest BCUT2D eigenvalue weighted by Crippen LogP contribution is -2.39. The van der Waals surface area contributed by atoms with Gasteiger partial charge in [0.25, 0.3) is 11.1 Å². The van der Waals surface area contributed by atoms with Crippen molar-refractivity contribution in [1.82, 2.24) is 20.0 Å². The van der Waals surface area contributed by atoms with E-state index in [4.69, 9.17) is 4.74 Å². The first-order chi connectivity index (χ1) is 12.1. The van der Waals surface area contributed by atoms with Gasteiger partial charge < -0.3 is 10.1 Å². The summed E-state index contributed by atoms with van der Waals surface area (Å²) in [6, 6.07) is 6.57. The molecule has 1 aromatic carbocycles.